The third kappa shape index (κ3) is 4.94. The lowest BCUT2D eigenvalue weighted by Crippen LogP contribution is -2.33. The summed E-state index contributed by atoms with van der Waals surface area (Å²) in [5.74, 6) is -0.354. The van der Waals surface area contributed by atoms with E-state index in [0.717, 1.165) is 38.8 Å². The van der Waals surface area contributed by atoms with Gasteiger partial charge in [-0.25, -0.2) is 4.39 Å². The molecule has 0 N–H and O–H groups in total. The fraction of sp³-hybridized carbons (Fsp3) is 0.533. The van der Waals surface area contributed by atoms with Gasteiger partial charge in [0.1, 0.15) is 5.82 Å². The van der Waals surface area contributed by atoms with Crippen LogP contribution in [0.5, 0.6) is 0 Å². The lowest BCUT2D eigenvalue weighted by molar-refractivity contribution is 0.0751. The van der Waals surface area contributed by atoms with Crippen molar-refractivity contribution in [3.8, 4) is 0 Å². The highest BCUT2D eigenvalue weighted by Gasteiger charge is 2.15. The lowest BCUT2D eigenvalue weighted by Gasteiger charge is -2.22. The van der Waals surface area contributed by atoms with Crippen LogP contribution >= 0.6 is 15.9 Å². The molecule has 0 heterocycles. The summed E-state index contributed by atoms with van der Waals surface area (Å²) in [4.78, 5) is 14.3. The van der Waals surface area contributed by atoms with Crippen molar-refractivity contribution in [3.05, 3.63) is 34.1 Å². The van der Waals surface area contributed by atoms with Crippen molar-refractivity contribution in [1.29, 1.82) is 0 Å². The zero-order chi connectivity index (χ0) is 14.3. The average Bonchev–Trinajstić information content (AvgIpc) is 2.41. The highest BCUT2D eigenvalue weighted by atomic mass is 79.9. The van der Waals surface area contributed by atoms with Gasteiger partial charge in [0, 0.05) is 18.7 Å². The topological polar surface area (TPSA) is 20.3 Å². The first-order chi connectivity index (χ1) is 9.10. The Hall–Kier alpha value is -0.900. The van der Waals surface area contributed by atoms with E-state index in [-0.39, 0.29) is 11.7 Å². The lowest BCUT2D eigenvalue weighted by atomic mass is 10.1. The summed E-state index contributed by atoms with van der Waals surface area (Å²) in [5.41, 5.74) is 0.542. The van der Waals surface area contributed by atoms with Crippen LogP contribution in [-0.2, 0) is 0 Å². The highest BCUT2D eigenvalue weighted by Crippen LogP contribution is 2.18. The van der Waals surface area contributed by atoms with Gasteiger partial charge >= 0.3 is 0 Å². The SMILES string of the molecule is CCCCN(CCCC)C(=O)c1ccc(F)c(Br)c1. The Bertz CT molecular complexity index is 415. The summed E-state index contributed by atoms with van der Waals surface area (Å²) in [5, 5.41) is 0. The van der Waals surface area contributed by atoms with Crippen LogP contribution < -0.4 is 0 Å². The quantitative estimate of drug-likeness (QED) is 0.714. The molecule has 4 heteroatoms. The zero-order valence-corrected chi connectivity index (χ0v) is 13.2. The van der Waals surface area contributed by atoms with Crippen LogP contribution in [0.25, 0.3) is 0 Å². The van der Waals surface area contributed by atoms with E-state index in [1.165, 1.54) is 6.07 Å². The molecule has 1 rings (SSSR count). The molecule has 0 aliphatic heterocycles. The molecule has 1 aromatic rings. The van der Waals surface area contributed by atoms with E-state index in [9.17, 15) is 9.18 Å². The fourth-order valence-electron chi connectivity index (χ4n) is 1.82. The average molecular weight is 330 g/mol. The Balaban J connectivity index is 2.81. The molecule has 0 aliphatic rings. The highest BCUT2D eigenvalue weighted by molar-refractivity contribution is 9.10. The summed E-state index contributed by atoms with van der Waals surface area (Å²) in [6.45, 7) is 5.75. The number of halogens is 2. The number of carbonyl (C=O) groups excluding carboxylic acids is 1. The molecule has 2 nitrogen and oxygen atoms in total. The molecule has 0 radical (unpaired) electrons. The Morgan fingerprint density at radius 1 is 1.21 bits per heavy atom. The third-order valence-electron chi connectivity index (χ3n) is 3.02. The van der Waals surface area contributed by atoms with Gasteiger partial charge in [-0.05, 0) is 47.0 Å². The van der Waals surface area contributed by atoms with Crippen molar-refractivity contribution in [2.24, 2.45) is 0 Å². The minimum atomic E-state index is -0.342. The molecular weight excluding hydrogens is 309 g/mol. The molecule has 1 aromatic carbocycles. The molecule has 0 saturated heterocycles. The monoisotopic (exact) mass is 329 g/mol. The normalized spacial score (nSPS) is 10.5. The van der Waals surface area contributed by atoms with Crippen molar-refractivity contribution in [2.45, 2.75) is 39.5 Å². The van der Waals surface area contributed by atoms with Gasteiger partial charge in [0.2, 0.25) is 0 Å². The Kier molecular flexibility index (Phi) is 7.06. The zero-order valence-electron chi connectivity index (χ0n) is 11.6. The first-order valence-corrected chi connectivity index (χ1v) is 7.63. The number of carbonyl (C=O) groups is 1. The minimum absolute atomic E-state index is 0.0115. The van der Waals surface area contributed by atoms with E-state index in [4.69, 9.17) is 0 Å². The molecule has 0 unspecified atom stereocenters. The molecule has 0 fully saturated rings. The smallest absolute Gasteiger partial charge is 0.253 e. The minimum Gasteiger partial charge on any atom is -0.339 e. The molecule has 106 valence electrons. The van der Waals surface area contributed by atoms with E-state index in [1.54, 1.807) is 12.1 Å². The molecule has 19 heavy (non-hydrogen) atoms. The van der Waals surface area contributed by atoms with Crippen LogP contribution in [0.4, 0.5) is 4.39 Å². The number of rotatable bonds is 7. The summed E-state index contributed by atoms with van der Waals surface area (Å²) >= 11 is 3.12. The number of benzene rings is 1. The largest absolute Gasteiger partial charge is 0.339 e. The second-order valence-electron chi connectivity index (χ2n) is 4.63. The van der Waals surface area contributed by atoms with E-state index < -0.39 is 0 Å². The van der Waals surface area contributed by atoms with Crippen molar-refractivity contribution in [3.63, 3.8) is 0 Å². The second kappa shape index (κ2) is 8.31. The Labute approximate surface area is 123 Å². The Morgan fingerprint density at radius 3 is 2.26 bits per heavy atom. The summed E-state index contributed by atoms with van der Waals surface area (Å²) in [6, 6.07) is 4.44. The van der Waals surface area contributed by atoms with Crippen molar-refractivity contribution in [1.82, 2.24) is 4.90 Å². The third-order valence-corrected chi connectivity index (χ3v) is 3.62. The molecule has 1 amide bonds. The molecule has 0 spiro atoms. The molecule has 0 saturated carbocycles. The van der Waals surface area contributed by atoms with E-state index >= 15 is 0 Å². The van der Waals surface area contributed by atoms with Gasteiger partial charge in [-0.1, -0.05) is 26.7 Å². The number of amides is 1. The van der Waals surface area contributed by atoms with Crippen molar-refractivity contribution < 1.29 is 9.18 Å². The van der Waals surface area contributed by atoms with Crippen molar-refractivity contribution >= 4 is 21.8 Å². The van der Waals surface area contributed by atoms with Crippen LogP contribution in [0.3, 0.4) is 0 Å². The standard InChI is InChI=1S/C15H21BrFNO/c1-3-5-9-18(10-6-4-2)15(19)12-7-8-14(17)13(16)11-12/h7-8,11H,3-6,9-10H2,1-2H3. The molecule has 0 aromatic heterocycles. The van der Waals surface area contributed by atoms with E-state index in [2.05, 4.69) is 29.8 Å². The van der Waals surface area contributed by atoms with E-state index in [1.807, 2.05) is 4.90 Å². The number of hydrogen-bond acceptors (Lipinski definition) is 1. The predicted molar refractivity (Wildman–Crippen MR) is 79.8 cm³/mol. The van der Waals surface area contributed by atoms with Gasteiger partial charge in [-0.2, -0.15) is 0 Å². The summed E-state index contributed by atoms with van der Waals surface area (Å²) in [7, 11) is 0. The van der Waals surface area contributed by atoms with Crippen LogP contribution in [-0.4, -0.2) is 23.9 Å². The summed E-state index contributed by atoms with van der Waals surface area (Å²) in [6.07, 6.45) is 4.11. The number of hydrogen-bond donors (Lipinski definition) is 0. The maximum Gasteiger partial charge on any atom is 0.253 e. The van der Waals surface area contributed by atoms with Crippen LogP contribution in [0.1, 0.15) is 49.9 Å². The van der Waals surface area contributed by atoms with Gasteiger partial charge in [0.05, 0.1) is 4.47 Å². The van der Waals surface area contributed by atoms with E-state index in [0.29, 0.717) is 10.0 Å². The van der Waals surface area contributed by atoms with Gasteiger partial charge in [0.25, 0.3) is 5.91 Å². The van der Waals surface area contributed by atoms with Gasteiger partial charge in [0.15, 0.2) is 0 Å². The fourth-order valence-corrected chi connectivity index (χ4v) is 2.20. The summed E-state index contributed by atoms with van der Waals surface area (Å²) < 4.78 is 13.5. The van der Waals surface area contributed by atoms with Crippen LogP contribution in [0.2, 0.25) is 0 Å². The molecule has 0 aliphatic carbocycles. The van der Waals surface area contributed by atoms with Crippen LogP contribution in [0, 0.1) is 5.82 Å². The predicted octanol–water partition coefficient (Wildman–Crippen LogP) is 4.63. The molecule has 0 bridgehead atoms. The Morgan fingerprint density at radius 2 is 1.79 bits per heavy atom. The van der Waals surface area contributed by atoms with Crippen LogP contribution in [0.15, 0.2) is 22.7 Å². The maximum absolute atomic E-state index is 13.2. The van der Waals surface area contributed by atoms with Gasteiger partial charge < -0.3 is 4.90 Å². The number of unbranched alkanes of at least 4 members (excludes halogenated alkanes) is 2. The van der Waals surface area contributed by atoms with Gasteiger partial charge in [-0.15, -0.1) is 0 Å². The second-order valence-corrected chi connectivity index (χ2v) is 5.48. The molecule has 0 atom stereocenters. The number of nitrogens with zero attached hydrogens (tertiary/aromatic N) is 1. The van der Waals surface area contributed by atoms with Crippen molar-refractivity contribution in [2.75, 3.05) is 13.1 Å². The first kappa shape index (κ1) is 16.2. The van der Waals surface area contributed by atoms with Gasteiger partial charge in [-0.3, -0.25) is 4.79 Å². The maximum atomic E-state index is 13.2. The first-order valence-electron chi connectivity index (χ1n) is 6.84. The molecular formula is C15H21BrFNO.